The van der Waals surface area contributed by atoms with E-state index in [1.165, 1.54) is 0 Å². The fourth-order valence-electron chi connectivity index (χ4n) is 1.27. The molecule has 1 aliphatic heterocycles. The molecule has 0 aliphatic carbocycles. The summed E-state index contributed by atoms with van der Waals surface area (Å²) in [5.41, 5.74) is 0.399. The van der Waals surface area contributed by atoms with E-state index < -0.39 is 0 Å². The van der Waals surface area contributed by atoms with E-state index in [2.05, 4.69) is 0 Å². The molecule has 1 atom stereocenters. The molecule has 1 fully saturated rings. The van der Waals surface area contributed by atoms with Crippen LogP contribution in [0.4, 0.5) is 0 Å². The molecule has 1 saturated heterocycles. The molecule has 0 spiro atoms. The Bertz CT molecular complexity index is 396. The molecule has 1 aromatic carbocycles. The number of rotatable bonds is 4. The van der Waals surface area contributed by atoms with Crippen molar-refractivity contribution in [1.29, 1.82) is 5.26 Å². The number of epoxide rings is 1. The largest absolute Gasteiger partial charge is 0.492 e. The zero-order valence-electron chi connectivity index (χ0n) is 8.07. The Labute approximate surface area is 93.2 Å². The SMILES string of the molecule is N#Cc1c(Cl)cccc1OCC[C@@H]1CO1. The summed E-state index contributed by atoms with van der Waals surface area (Å²) < 4.78 is 10.5. The van der Waals surface area contributed by atoms with Crippen LogP contribution in [0.3, 0.4) is 0 Å². The second-order valence-electron chi connectivity index (χ2n) is 3.32. The van der Waals surface area contributed by atoms with E-state index in [1.54, 1.807) is 18.2 Å². The standard InChI is InChI=1S/C11H10ClNO2/c12-10-2-1-3-11(9(10)6-13)14-5-4-8-7-15-8/h1-3,8H,4-5,7H2/t8-/m1/s1. The van der Waals surface area contributed by atoms with Gasteiger partial charge in [0.2, 0.25) is 0 Å². The van der Waals surface area contributed by atoms with E-state index in [1.807, 2.05) is 6.07 Å². The van der Waals surface area contributed by atoms with Gasteiger partial charge in [-0.1, -0.05) is 17.7 Å². The average molecular weight is 224 g/mol. The summed E-state index contributed by atoms with van der Waals surface area (Å²) in [5, 5.41) is 9.31. The first-order chi connectivity index (χ1) is 7.31. The first-order valence-corrected chi connectivity index (χ1v) is 5.12. The van der Waals surface area contributed by atoms with Gasteiger partial charge in [-0.3, -0.25) is 0 Å². The lowest BCUT2D eigenvalue weighted by Crippen LogP contribution is -2.02. The van der Waals surface area contributed by atoms with Gasteiger partial charge >= 0.3 is 0 Å². The van der Waals surface area contributed by atoms with Gasteiger partial charge in [-0.15, -0.1) is 0 Å². The van der Waals surface area contributed by atoms with Crippen LogP contribution < -0.4 is 4.74 Å². The Morgan fingerprint density at radius 2 is 2.40 bits per heavy atom. The molecule has 0 amide bonds. The number of hydrogen-bond donors (Lipinski definition) is 0. The highest BCUT2D eigenvalue weighted by Gasteiger charge is 2.22. The second-order valence-corrected chi connectivity index (χ2v) is 3.72. The van der Waals surface area contributed by atoms with Gasteiger partial charge in [0.15, 0.2) is 0 Å². The zero-order chi connectivity index (χ0) is 10.7. The number of ether oxygens (including phenoxy) is 2. The van der Waals surface area contributed by atoms with E-state index >= 15 is 0 Å². The van der Waals surface area contributed by atoms with Crippen molar-refractivity contribution in [3.05, 3.63) is 28.8 Å². The van der Waals surface area contributed by atoms with Gasteiger partial charge in [0, 0.05) is 6.42 Å². The highest BCUT2D eigenvalue weighted by Crippen LogP contribution is 2.25. The molecule has 0 N–H and O–H groups in total. The van der Waals surface area contributed by atoms with Crippen LogP contribution >= 0.6 is 11.6 Å². The normalized spacial score (nSPS) is 18.3. The molecule has 0 saturated carbocycles. The Kier molecular flexibility index (Phi) is 3.10. The van der Waals surface area contributed by atoms with E-state index in [0.29, 0.717) is 29.0 Å². The summed E-state index contributed by atoms with van der Waals surface area (Å²) in [6, 6.07) is 7.23. The van der Waals surface area contributed by atoms with Crippen LogP contribution in [0.15, 0.2) is 18.2 Å². The van der Waals surface area contributed by atoms with Gasteiger partial charge in [0.05, 0.1) is 24.3 Å². The number of nitrogens with zero attached hydrogens (tertiary/aromatic N) is 1. The Balaban J connectivity index is 1.99. The minimum absolute atomic E-state index is 0.342. The molecule has 0 bridgehead atoms. The maximum atomic E-state index is 8.88. The van der Waals surface area contributed by atoms with Crippen molar-refractivity contribution in [1.82, 2.24) is 0 Å². The van der Waals surface area contributed by atoms with Gasteiger partial charge in [0.1, 0.15) is 17.4 Å². The minimum Gasteiger partial charge on any atom is -0.492 e. The molecule has 2 rings (SSSR count). The summed E-state index contributed by atoms with van der Waals surface area (Å²) in [5.74, 6) is 0.547. The van der Waals surface area contributed by atoms with E-state index in [0.717, 1.165) is 13.0 Å². The van der Waals surface area contributed by atoms with Crippen LogP contribution in [0, 0.1) is 11.3 Å². The van der Waals surface area contributed by atoms with Crippen LogP contribution in [0.2, 0.25) is 5.02 Å². The van der Waals surface area contributed by atoms with Crippen molar-refractivity contribution in [2.75, 3.05) is 13.2 Å². The van der Waals surface area contributed by atoms with Crippen LogP contribution in [0.1, 0.15) is 12.0 Å². The smallest absolute Gasteiger partial charge is 0.138 e. The number of halogens is 1. The third-order valence-corrected chi connectivity index (χ3v) is 2.50. The lowest BCUT2D eigenvalue weighted by atomic mass is 10.2. The quantitative estimate of drug-likeness (QED) is 0.737. The molecule has 0 radical (unpaired) electrons. The van der Waals surface area contributed by atoms with Crippen molar-refractivity contribution < 1.29 is 9.47 Å². The Morgan fingerprint density at radius 3 is 3.07 bits per heavy atom. The second kappa shape index (κ2) is 4.52. The monoisotopic (exact) mass is 223 g/mol. The fourth-order valence-corrected chi connectivity index (χ4v) is 1.48. The maximum absolute atomic E-state index is 8.88. The highest BCUT2D eigenvalue weighted by atomic mass is 35.5. The summed E-state index contributed by atoms with van der Waals surface area (Å²) in [7, 11) is 0. The van der Waals surface area contributed by atoms with Crippen molar-refractivity contribution >= 4 is 11.6 Å². The van der Waals surface area contributed by atoms with Crippen LogP contribution in [0.5, 0.6) is 5.75 Å². The van der Waals surface area contributed by atoms with Gasteiger partial charge in [-0.25, -0.2) is 0 Å². The molecular weight excluding hydrogens is 214 g/mol. The third kappa shape index (κ3) is 2.62. The predicted molar refractivity (Wildman–Crippen MR) is 56.0 cm³/mol. The van der Waals surface area contributed by atoms with Gasteiger partial charge < -0.3 is 9.47 Å². The number of benzene rings is 1. The van der Waals surface area contributed by atoms with Gasteiger partial charge in [0.25, 0.3) is 0 Å². The molecule has 4 heteroatoms. The first-order valence-electron chi connectivity index (χ1n) is 4.74. The Morgan fingerprint density at radius 1 is 1.60 bits per heavy atom. The molecule has 78 valence electrons. The molecule has 3 nitrogen and oxygen atoms in total. The summed E-state index contributed by atoms with van der Waals surface area (Å²) in [4.78, 5) is 0. The van der Waals surface area contributed by atoms with Gasteiger partial charge in [-0.05, 0) is 12.1 Å². The van der Waals surface area contributed by atoms with Crippen molar-refractivity contribution in [3.8, 4) is 11.8 Å². The molecule has 0 aromatic heterocycles. The Hall–Kier alpha value is -1.24. The van der Waals surface area contributed by atoms with E-state index in [9.17, 15) is 0 Å². The summed E-state index contributed by atoms with van der Waals surface area (Å²) in [6.07, 6.45) is 1.20. The van der Waals surface area contributed by atoms with E-state index in [4.69, 9.17) is 26.3 Å². The van der Waals surface area contributed by atoms with Crippen molar-refractivity contribution in [3.63, 3.8) is 0 Å². The third-order valence-electron chi connectivity index (χ3n) is 2.19. The molecular formula is C11H10ClNO2. The number of hydrogen-bond acceptors (Lipinski definition) is 3. The van der Waals surface area contributed by atoms with Crippen LogP contribution in [-0.2, 0) is 4.74 Å². The average Bonchev–Trinajstić information content (AvgIpc) is 3.02. The van der Waals surface area contributed by atoms with E-state index in [-0.39, 0.29) is 0 Å². The van der Waals surface area contributed by atoms with Gasteiger partial charge in [-0.2, -0.15) is 5.26 Å². The summed E-state index contributed by atoms with van der Waals surface area (Å²) in [6.45, 7) is 1.38. The lowest BCUT2D eigenvalue weighted by molar-refractivity contribution is 0.282. The maximum Gasteiger partial charge on any atom is 0.138 e. The summed E-state index contributed by atoms with van der Waals surface area (Å²) >= 11 is 5.86. The molecule has 1 aliphatic rings. The topological polar surface area (TPSA) is 45.5 Å². The first kappa shape index (κ1) is 10.3. The van der Waals surface area contributed by atoms with Crippen molar-refractivity contribution in [2.45, 2.75) is 12.5 Å². The van der Waals surface area contributed by atoms with Crippen LogP contribution in [-0.4, -0.2) is 19.3 Å². The predicted octanol–water partition coefficient (Wildman–Crippen LogP) is 2.38. The van der Waals surface area contributed by atoms with Crippen LogP contribution in [0.25, 0.3) is 0 Å². The fraction of sp³-hybridized carbons (Fsp3) is 0.364. The lowest BCUT2D eigenvalue weighted by Gasteiger charge is -2.07. The molecule has 15 heavy (non-hydrogen) atoms. The van der Waals surface area contributed by atoms with Crippen molar-refractivity contribution in [2.24, 2.45) is 0 Å². The minimum atomic E-state index is 0.342. The molecule has 0 unspecified atom stereocenters. The molecule has 1 heterocycles. The molecule has 1 aromatic rings. The number of nitriles is 1. The highest BCUT2D eigenvalue weighted by molar-refractivity contribution is 6.31. The zero-order valence-corrected chi connectivity index (χ0v) is 8.83.